The predicted octanol–water partition coefficient (Wildman–Crippen LogP) is 2.51. The molecule has 0 fully saturated rings. The molecule has 0 aromatic heterocycles. The van der Waals surface area contributed by atoms with Crippen molar-refractivity contribution in [3.05, 3.63) is 24.3 Å². The normalized spacial score (nSPS) is 11.7. The Hall–Kier alpha value is -0.0400. The minimum atomic E-state index is 0.942. The maximum absolute atomic E-state index is 3.26. The van der Waals surface area contributed by atoms with Gasteiger partial charge in [-0.3, -0.25) is 0 Å². The average molecular weight is 161 g/mol. The molecule has 0 saturated heterocycles. The second-order valence-corrected chi connectivity index (χ2v) is 1.76. The van der Waals surface area contributed by atoms with Crippen LogP contribution < -0.4 is 0 Å². The van der Waals surface area contributed by atoms with E-state index in [-0.39, 0.29) is 0 Å². The summed E-state index contributed by atoms with van der Waals surface area (Å²) < 4.78 is 0. The molecule has 0 spiro atoms. The van der Waals surface area contributed by atoms with Gasteiger partial charge in [-0.1, -0.05) is 40.2 Å². The van der Waals surface area contributed by atoms with E-state index in [1.807, 2.05) is 31.2 Å². The number of hydrogen-bond donors (Lipinski definition) is 0. The van der Waals surface area contributed by atoms with Crippen LogP contribution in [0.25, 0.3) is 0 Å². The van der Waals surface area contributed by atoms with Crippen LogP contribution in [0.4, 0.5) is 0 Å². The Labute approximate surface area is 53.1 Å². The minimum absolute atomic E-state index is 0.942. The average Bonchev–Trinajstić information content (AvgIpc) is 1.69. The summed E-state index contributed by atoms with van der Waals surface area (Å²) in [5, 5.41) is 0.942. The van der Waals surface area contributed by atoms with Crippen LogP contribution in [0.5, 0.6) is 0 Å². The van der Waals surface area contributed by atoms with Crippen LogP contribution in [-0.2, 0) is 0 Å². The smallest absolute Gasteiger partial charge is 0.0215 e. The Morgan fingerprint density at radius 2 is 2.14 bits per heavy atom. The third-order valence-corrected chi connectivity index (χ3v) is 0.903. The Bertz CT molecular complexity index is 72.2. The van der Waals surface area contributed by atoms with Crippen molar-refractivity contribution in [3.8, 4) is 0 Å². The van der Waals surface area contributed by atoms with Crippen molar-refractivity contribution in [3.63, 3.8) is 0 Å². The van der Waals surface area contributed by atoms with Crippen molar-refractivity contribution in [1.82, 2.24) is 0 Å². The summed E-state index contributed by atoms with van der Waals surface area (Å²) in [6.07, 6.45) is 8.05. The van der Waals surface area contributed by atoms with Crippen molar-refractivity contribution in [2.24, 2.45) is 0 Å². The Morgan fingerprint density at radius 1 is 1.43 bits per heavy atom. The first-order valence-corrected chi connectivity index (χ1v) is 3.37. The number of allylic oxidation sites excluding steroid dienone is 4. The van der Waals surface area contributed by atoms with E-state index in [4.69, 9.17) is 0 Å². The molecule has 40 valence electrons. The van der Waals surface area contributed by atoms with Crippen molar-refractivity contribution < 1.29 is 0 Å². The summed E-state index contributed by atoms with van der Waals surface area (Å²) in [6, 6.07) is 0. The Balaban J connectivity index is 3.09. The summed E-state index contributed by atoms with van der Waals surface area (Å²) >= 11 is 3.26. The van der Waals surface area contributed by atoms with Crippen LogP contribution in [0.3, 0.4) is 0 Å². The van der Waals surface area contributed by atoms with Gasteiger partial charge in [0.25, 0.3) is 0 Å². The van der Waals surface area contributed by atoms with Crippen LogP contribution in [-0.4, -0.2) is 5.33 Å². The summed E-state index contributed by atoms with van der Waals surface area (Å²) in [5.74, 6) is 0. The zero-order chi connectivity index (χ0) is 5.54. The molecule has 0 nitrogen and oxygen atoms in total. The van der Waals surface area contributed by atoms with Gasteiger partial charge in [0.15, 0.2) is 0 Å². The van der Waals surface area contributed by atoms with Crippen LogP contribution >= 0.6 is 15.9 Å². The molecule has 0 rings (SSSR count). The van der Waals surface area contributed by atoms with Gasteiger partial charge in [0.1, 0.15) is 0 Å². The van der Waals surface area contributed by atoms with Crippen LogP contribution in [0.1, 0.15) is 6.92 Å². The molecule has 1 heteroatoms. The zero-order valence-corrected chi connectivity index (χ0v) is 5.98. The molecule has 0 amide bonds. The van der Waals surface area contributed by atoms with Crippen LogP contribution in [0, 0.1) is 0 Å². The zero-order valence-electron chi connectivity index (χ0n) is 4.39. The number of rotatable bonds is 2. The molecule has 0 radical (unpaired) electrons. The molecule has 0 aliphatic carbocycles. The lowest BCUT2D eigenvalue weighted by Crippen LogP contribution is -1.53. The first kappa shape index (κ1) is 6.96. The maximum Gasteiger partial charge on any atom is 0.0215 e. The largest absolute Gasteiger partial charge is 0.0883 e. The molecule has 0 aliphatic rings. The van der Waals surface area contributed by atoms with Gasteiger partial charge in [-0.2, -0.15) is 0 Å². The molecule has 0 aliphatic heterocycles. The monoisotopic (exact) mass is 160 g/mol. The standard InChI is InChI=1S/C6H9Br/c1-2-3-4-5-6-7/h2-5H,6H2,1H3/b3-2?,5-4+. The third-order valence-electron chi connectivity index (χ3n) is 0.529. The first-order valence-electron chi connectivity index (χ1n) is 2.25. The molecule has 7 heavy (non-hydrogen) atoms. The number of hydrogen-bond acceptors (Lipinski definition) is 0. The lowest BCUT2D eigenvalue weighted by Gasteiger charge is -1.69. The van der Waals surface area contributed by atoms with E-state index in [1.165, 1.54) is 0 Å². The quantitative estimate of drug-likeness (QED) is 0.431. The fraction of sp³-hybridized carbons (Fsp3) is 0.333. The summed E-state index contributed by atoms with van der Waals surface area (Å²) in [6.45, 7) is 2.00. The van der Waals surface area contributed by atoms with Gasteiger partial charge in [-0.15, -0.1) is 0 Å². The van der Waals surface area contributed by atoms with Crippen molar-refractivity contribution >= 4 is 15.9 Å². The summed E-state index contributed by atoms with van der Waals surface area (Å²) in [5.41, 5.74) is 0. The molecule has 0 saturated carbocycles. The highest BCUT2D eigenvalue weighted by Gasteiger charge is 1.59. The van der Waals surface area contributed by atoms with Crippen molar-refractivity contribution in [1.29, 1.82) is 0 Å². The summed E-state index contributed by atoms with van der Waals surface area (Å²) in [4.78, 5) is 0. The van der Waals surface area contributed by atoms with Gasteiger partial charge in [-0.25, -0.2) is 0 Å². The topological polar surface area (TPSA) is 0 Å². The molecular formula is C6H9Br. The molecule has 0 aromatic rings. The Kier molecular flexibility index (Phi) is 5.93. The van der Waals surface area contributed by atoms with Gasteiger partial charge in [0.05, 0.1) is 0 Å². The number of alkyl halides is 1. The van der Waals surface area contributed by atoms with Gasteiger partial charge in [0.2, 0.25) is 0 Å². The molecule has 0 aromatic carbocycles. The van der Waals surface area contributed by atoms with E-state index < -0.39 is 0 Å². The molecule has 0 unspecified atom stereocenters. The lowest BCUT2D eigenvalue weighted by molar-refractivity contribution is 1.71. The fourth-order valence-electron chi connectivity index (χ4n) is 0.241. The fourth-order valence-corrected chi connectivity index (χ4v) is 0.457. The van der Waals surface area contributed by atoms with Gasteiger partial charge in [0, 0.05) is 5.33 Å². The third kappa shape index (κ3) is 5.96. The highest BCUT2D eigenvalue weighted by Crippen LogP contribution is 1.81. The van der Waals surface area contributed by atoms with Crippen molar-refractivity contribution in [2.75, 3.05) is 5.33 Å². The highest BCUT2D eigenvalue weighted by atomic mass is 79.9. The second-order valence-electron chi connectivity index (χ2n) is 1.11. The lowest BCUT2D eigenvalue weighted by atomic mass is 10.5. The number of halogens is 1. The van der Waals surface area contributed by atoms with Gasteiger partial charge >= 0.3 is 0 Å². The Morgan fingerprint density at radius 3 is 2.57 bits per heavy atom. The van der Waals surface area contributed by atoms with E-state index in [1.54, 1.807) is 0 Å². The second kappa shape index (κ2) is 5.96. The van der Waals surface area contributed by atoms with Crippen LogP contribution in [0.2, 0.25) is 0 Å². The van der Waals surface area contributed by atoms with Gasteiger partial charge in [-0.05, 0) is 6.92 Å². The minimum Gasteiger partial charge on any atom is -0.0883 e. The predicted molar refractivity (Wildman–Crippen MR) is 37.7 cm³/mol. The van der Waals surface area contributed by atoms with Gasteiger partial charge < -0.3 is 0 Å². The molecule has 0 atom stereocenters. The van der Waals surface area contributed by atoms with E-state index >= 15 is 0 Å². The molecular weight excluding hydrogens is 152 g/mol. The highest BCUT2D eigenvalue weighted by molar-refractivity contribution is 9.09. The summed E-state index contributed by atoms with van der Waals surface area (Å²) in [7, 11) is 0. The SMILES string of the molecule is CC=C/C=C/CBr. The molecule has 0 bridgehead atoms. The molecule has 0 heterocycles. The first-order chi connectivity index (χ1) is 3.41. The molecule has 0 N–H and O–H groups in total. The van der Waals surface area contributed by atoms with Crippen molar-refractivity contribution in [2.45, 2.75) is 6.92 Å². The van der Waals surface area contributed by atoms with E-state index in [2.05, 4.69) is 15.9 Å². The van der Waals surface area contributed by atoms with E-state index in [0.717, 1.165) is 5.33 Å². The maximum atomic E-state index is 3.26. The van der Waals surface area contributed by atoms with Crippen LogP contribution in [0.15, 0.2) is 24.3 Å². The van der Waals surface area contributed by atoms with E-state index in [9.17, 15) is 0 Å². The van der Waals surface area contributed by atoms with E-state index in [0.29, 0.717) is 0 Å².